The van der Waals surface area contributed by atoms with E-state index < -0.39 is 0 Å². The summed E-state index contributed by atoms with van der Waals surface area (Å²) in [7, 11) is 0. The molecule has 0 unspecified atom stereocenters. The van der Waals surface area contributed by atoms with E-state index in [1.165, 1.54) is 0 Å². The highest BCUT2D eigenvalue weighted by molar-refractivity contribution is 9.10. The maximum atomic E-state index is 11.8. The number of rotatable bonds is 3. The molecule has 0 aliphatic heterocycles. The first-order valence-corrected chi connectivity index (χ1v) is 6.20. The largest absolute Gasteiger partial charge is 0.454 e. The van der Waals surface area contributed by atoms with Crippen molar-refractivity contribution in [2.24, 2.45) is 0 Å². The number of halogens is 1. The van der Waals surface area contributed by atoms with Gasteiger partial charge in [-0.3, -0.25) is 4.79 Å². The van der Waals surface area contributed by atoms with Crippen molar-refractivity contribution < 1.29 is 9.21 Å². The molecule has 0 aliphatic rings. The van der Waals surface area contributed by atoms with E-state index in [9.17, 15) is 4.79 Å². The second-order valence-electron chi connectivity index (χ2n) is 3.27. The van der Waals surface area contributed by atoms with Gasteiger partial charge in [0.25, 0.3) is 0 Å². The van der Waals surface area contributed by atoms with Gasteiger partial charge < -0.3 is 4.42 Å². The number of carbonyl (C=O) groups excluding carboxylic acids is 1. The molecule has 0 radical (unpaired) electrons. The van der Waals surface area contributed by atoms with Gasteiger partial charge in [-0.05, 0) is 45.9 Å². The maximum absolute atomic E-state index is 11.8. The smallest absolute Gasteiger partial charge is 0.171 e. The summed E-state index contributed by atoms with van der Waals surface area (Å²) in [6.07, 6.45) is 0.323. The van der Waals surface area contributed by atoms with Crippen LogP contribution in [0.4, 0.5) is 0 Å². The molecule has 0 spiro atoms. The number of ketones is 1. The van der Waals surface area contributed by atoms with Gasteiger partial charge in [0.15, 0.2) is 10.5 Å². The molecule has 0 fully saturated rings. The second-order valence-corrected chi connectivity index (χ2v) is 4.80. The topological polar surface area (TPSA) is 30.2 Å². The normalized spacial score (nSPS) is 10.5. The van der Waals surface area contributed by atoms with Crippen molar-refractivity contribution in [1.82, 2.24) is 0 Å². The minimum atomic E-state index is 0.107. The van der Waals surface area contributed by atoms with Crippen LogP contribution in [0.1, 0.15) is 21.7 Å². The van der Waals surface area contributed by atoms with E-state index in [4.69, 9.17) is 4.42 Å². The first-order valence-electron chi connectivity index (χ1n) is 4.47. The van der Waals surface area contributed by atoms with Crippen LogP contribution in [0.15, 0.2) is 32.0 Å². The monoisotopic (exact) mass is 284 g/mol. The van der Waals surface area contributed by atoms with Gasteiger partial charge in [0.1, 0.15) is 5.76 Å². The van der Waals surface area contributed by atoms with Crippen molar-refractivity contribution in [3.05, 3.63) is 44.4 Å². The Kier molecular flexibility index (Phi) is 3.07. The lowest BCUT2D eigenvalue weighted by molar-refractivity contribution is 0.0986. The molecule has 2 aromatic rings. The number of Topliss-reactive ketones (excluding diaryl/α,β-unsaturated/α-hetero) is 1. The van der Waals surface area contributed by atoms with Crippen molar-refractivity contribution in [1.29, 1.82) is 0 Å². The molecule has 15 heavy (non-hydrogen) atoms. The molecule has 0 aliphatic carbocycles. The molecule has 2 aromatic heterocycles. The van der Waals surface area contributed by atoms with E-state index in [0.29, 0.717) is 16.9 Å². The molecular formula is C11H9BrO2S. The van der Waals surface area contributed by atoms with E-state index >= 15 is 0 Å². The van der Waals surface area contributed by atoms with Crippen LogP contribution in [0.3, 0.4) is 0 Å². The van der Waals surface area contributed by atoms with Crippen molar-refractivity contribution in [3.63, 3.8) is 0 Å². The zero-order chi connectivity index (χ0) is 10.8. The first-order chi connectivity index (χ1) is 7.16. The summed E-state index contributed by atoms with van der Waals surface area (Å²) in [6.45, 7) is 1.95. The lowest BCUT2D eigenvalue weighted by Crippen LogP contribution is -2.02. The molecule has 0 amide bonds. The van der Waals surface area contributed by atoms with Gasteiger partial charge in [0, 0.05) is 10.9 Å². The summed E-state index contributed by atoms with van der Waals surface area (Å²) in [5.74, 6) is 0.799. The van der Waals surface area contributed by atoms with E-state index in [-0.39, 0.29) is 5.78 Å². The lowest BCUT2D eigenvalue weighted by Gasteiger charge is -1.96. The molecule has 4 heteroatoms. The highest BCUT2D eigenvalue weighted by atomic mass is 79.9. The fourth-order valence-electron chi connectivity index (χ4n) is 1.35. The molecule has 0 N–H and O–H groups in total. The van der Waals surface area contributed by atoms with Crippen LogP contribution >= 0.6 is 27.3 Å². The van der Waals surface area contributed by atoms with Gasteiger partial charge in [-0.2, -0.15) is 11.3 Å². The number of furan rings is 1. The molecular weight excluding hydrogens is 276 g/mol. The Morgan fingerprint density at radius 1 is 1.47 bits per heavy atom. The minimum Gasteiger partial charge on any atom is -0.454 e. The van der Waals surface area contributed by atoms with Gasteiger partial charge in [-0.25, -0.2) is 0 Å². The van der Waals surface area contributed by atoms with Crippen LogP contribution in [0.2, 0.25) is 0 Å². The fraction of sp³-hybridized carbons (Fsp3) is 0.182. The summed E-state index contributed by atoms with van der Waals surface area (Å²) in [6, 6.07) is 3.60. The Bertz CT molecular complexity index is 484. The Morgan fingerprint density at radius 3 is 2.80 bits per heavy atom. The Balaban J connectivity index is 2.14. The highest BCUT2D eigenvalue weighted by Crippen LogP contribution is 2.19. The summed E-state index contributed by atoms with van der Waals surface area (Å²) >= 11 is 4.76. The lowest BCUT2D eigenvalue weighted by atomic mass is 10.1. The number of carbonyl (C=O) groups is 1. The van der Waals surface area contributed by atoms with Crippen molar-refractivity contribution in [2.75, 3.05) is 0 Å². The first kappa shape index (κ1) is 10.6. The quantitative estimate of drug-likeness (QED) is 0.802. The second kappa shape index (κ2) is 4.33. The minimum absolute atomic E-state index is 0.107. The third-order valence-electron chi connectivity index (χ3n) is 2.12. The Morgan fingerprint density at radius 2 is 2.27 bits per heavy atom. The van der Waals surface area contributed by atoms with Gasteiger partial charge >= 0.3 is 0 Å². The van der Waals surface area contributed by atoms with Crippen LogP contribution in [0, 0.1) is 6.92 Å². The molecule has 2 rings (SSSR count). The van der Waals surface area contributed by atoms with Gasteiger partial charge in [0.2, 0.25) is 0 Å². The van der Waals surface area contributed by atoms with Crippen molar-refractivity contribution in [3.8, 4) is 0 Å². The van der Waals surface area contributed by atoms with E-state index in [1.54, 1.807) is 17.4 Å². The summed E-state index contributed by atoms with van der Waals surface area (Å²) < 4.78 is 5.95. The summed E-state index contributed by atoms with van der Waals surface area (Å²) in [4.78, 5) is 11.8. The van der Waals surface area contributed by atoms with E-state index in [0.717, 1.165) is 11.1 Å². The summed E-state index contributed by atoms with van der Waals surface area (Å²) in [5.41, 5.74) is 1.84. The van der Waals surface area contributed by atoms with E-state index in [2.05, 4.69) is 15.9 Å². The SMILES string of the molecule is Cc1cscc1C(=O)Cc1ccc(Br)o1. The Labute approximate surface area is 100 Å². The van der Waals surface area contributed by atoms with Gasteiger partial charge in [0.05, 0.1) is 6.42 Å². The zero-order valence-corrected chi connectivity index (χ0v) is 10.5. The molecule has 0 bridgehead atoms. The number of thiophene rings is 1. The Hall–Kier alpha value is -0.870. The van der Waals surface area contributed by atoms with Crippen molar-refractivity contribution >= 4 is 33.0 Å². The molecule has 2 nitrogen and oxygen atoms in total. The molecule has 0 atom stereocenters. The predicted molar refractivity (Wildman–Crippen MR) is 63.5 cm³/mol. The molecule has 0 saturated heterocycles. The van der Waals surface area contributed by atoms with Crippen LogP contribution in [0.5, 0.6) is 0 Å². The number of aryl methyl sites for hydroxylation is 1. The molecule has 0 aromatic carbocycles. The van der Waals surface area contributed by atoms with Crippen LogP contribution in [-0.4, -0.2) is 5.78 Å². The molecule has 78 valence electrons. The van der Waals surface area contributed by atoms with Crippen LogP contribution in [0.25, 0.3) is 0 Å². The highest BCUT2D eigenvalue weighted by Gasteiger charge is 2.12. The molecule has 0 saturated carbocycles. The maximum Gasteiger partial charge on any atom is 0.171 e. The van der Waals surface area contributed by atoms with Crippen molar-refractivity contribution in [2.45, 2.75) is 13.3 Å². The van der Waals surface area contributed by atoms with Gasteiger partial charge in [-0.1, -0.05) is 0 Å². The van der Waals surface area contributed by atoms with Crippen LogP contribution in [-0.2, 0) is 6.42 Å². The predicted octanol–water partition coefficient (Wildman–Crippen LogP) is 3.84. The average molecular weight is 285 g/mol. The third-order valence-corrected chi connectivity index (χ3v) is 3.41. The van der Waals surface area contributed by atoms with Gasteiger partial charge in [-0.15, -0.1) is 0 Å². The average Bonchev–Trinajstić information content (AvgIpc) is 2.75. The zero-order valence-electron chi connectivity index (χ0n) is 8.12. The third kappa shape index (κ3) is 2.38. The molecule has 2 heterocycles. The number of hydrogen-bond donors (Lipinski definition) is 0. The van der Waals surface area contributed by atoms with E-state index in [1.807, 2.05) is 23.8 Å². The standard InChI is InChI=1S/C11H9BrO2S/c1-7-5-15-6-9(7)10(13)4-8-2-3-11(12)14-8/h2-3,5-6H,4H2,1H3. The summed E-state index contributed by atoms with van der Waals surface area (Å²) in [5, 5.41) is 3.86. The van der Waals surface area contributed by atoms with Crippen LogP contribution < -0.4 is 0 Å². The fourth-order valence-corrected chi connectivity index (χ4v) is 2.54. The number of hydrogen-bond acceptors (Lipinski definition) is 3.